The number of nitriles is 1. The van der Waals surface area contributed by atoms with Gasteiger partial charge in [0.15, 0.2) is 5.76 Å². The fraction of sp³-hybridized carbons (Fsp3) is 0.0417. The Morgan fingerprint density at radius 3 is 2.61 bits per heavy atom. The molecule has 0 radical (unpaired) electrons. The van der Waals surface area contributed by atoms with E-state index in [-0.39, 0.29) is 12.4 Å². The largest absolute Gasteiger partial charge is 0.486 e. The molecule has 0 aliphatic rings. The molecule has 3 aromatic carbocycles. The summed E-state index contributed by atoms with van der Waals surface area (Å²) in [4.78, 5) is 12.4. The minimum Gasteiger partial charge on any atom is -0.486 e. The molecule has 4 aromatic rings. The third kappa shape index (κ3) is 5.53. The number of rotatable bonds is 6. The number of hydrogen-bond donors (Lipinski definition) is 1. The number of hydrazone groups is 1. The molecule has 33 heavy (non-hydrogen) atoms. The summed E-state index contributed by atoms with van der Waals surface area (Å²) in [5, 5.41) is 14.1. The Balaban J connectivity index is 1.43. The molecular weight excluding hydrogens is 618 g/mol. The summed E-state index contributed by atoms with van der Waals surface area (Å²) in [6.45, 7) is 0.249. The molecular formula is C24H14Br3N3O3. The number of furan rings is 1. The van der Waals surface area contributed by atoms with Gasteiger partial charge < -0.3 is 9.15 Å². The first-order valence-corrected chi connectivity index (χ1v) is 11.9. The number of nitrogens with zero attached hydrogens (tertiary/aromatic N) is 2. The molecule has 1 N–H and O–H groups in total. The summed E-state index contributed by atoms with van der Waals surface area (Å²) >= 11 is 10.4. The predicted molar refractivity (Wildman–Crippen MR) is 136 cm³/mol. The molecule has 0 atom stereocenters. The SMILES string of the molecule is N#Cc1ccccc1COc1c(Br)cc(/C=N/NC(=O)c2cc3cc(Br)ccc3o2)cc1Br. The van der Waals surface area contributed by atoms with Crippen LogP contribution in [0.2, 0.25) is 0 Å². The number of nitrogens with one attached hydrogen (secondary N) is 1. The molecule has 1 amide bonds. The lowest BCUT2D eigenvalue weighted by atomic mass is 10.1. The van der Waals surface area contributed by atoms with Gasteiger partial charge in [0, 0.05) is 15.4 Å². The Morgan fingerprint density at radius 2 is 1.85 bits per heavy atom. The summed E-state index contributed by atoms with van der Waals surface area (Å²) in [5.74, 6) is 0.314. The zero-order valence-corrected chi connectivity index (χ0v) is 21.6. The van der Waals surface area contributed by atoms with Gasteiger partial charge in [0.2, 0.25) is 0 Å². The molecule has 1 aromatic heterocycles. The Labute approximate surface area is 214 Å². The molecule has 4 rings (SSSR count). The van der Waals surface area contributed by atoms with Crippen LogP contribution >= 0.6 is 47.8 Å². The summed E-state index contributed by atoms with van der Waals surface area (Å²) in [5.41, 5.74) is 5.18. The van der Waals surface area contributed by atoms with Crippen molar-refractivity contribution in [1.82, 2.24) is 5.43 Å². The van der Waals surface area contributed by atoms with Crippen LogP contribution in [0.5, 0.6) is 5.75 Å². The monoisotopic (exact) mass is 629 g/mol. The second-order valence-electron chi connectivity index (χ2n) is 6.86. The lowest BCUT2D eigenvalue weighted by molar-refractivity contribution is 0.0929. The van der Waals surface area contributed by atoms with Gasteiger partial charge in [-0.3, -0.25) is 4.79 Å². The number of carbonyl (C=O) groups excluding carboxylic acids is 1. The zero-order chi connectivity index (χ0) is 23.4. The molecule has 0 bridgehead atoms. The molecule has 0 aliphatic carbocycles. The third-order valence-electron chi connectivity index (χ3n) is 4.61. The van der Waals surface area contributed by atoms with Crippen molar-refractivity contribution in [2.75, 3.05) is 0 Å². The Morgan fingerprint density at radius 1 is 1.09 bits per heavy atom. The normalized spacial score (nSPS) is 11.0. The minimum atomic E-state index is -0.451. The molecule has 0 saturated carbocycles. The van der Waals surface area contributed by atoms with Crippen molar-refractivity contribution in [1.29, 1.82) is 5.26 Å². The maximum Gasteiger partial charge on any atom is 0.307 e. The van der Waals surface area contributed by atoms with Crippen molar-refractivity contribution < 1.29 is 13.9 Å². The van der Waals surface area contributed by atoms with Crippen molar-refractivity contribution in [3.8, 4) is 11.8 Å². The van der Waals surface area contributed by atoms with Crippen LogP contribution in [0.3, 0.4) is 0 Å². The lowest BCUT2D eigenvalue weighted by Gasteiger charge is -2.12. The highest BCUT2D eigenvalue weighted by Crippen LogP contribution is 2.35. The van der Waals surface area contributed by atoms with Crippen molar-refractivity contribution in [3.05, 3.63) is 96.5 Å². The van der Waals surface area contributed by atoms with Gasteiger partial charge >= 0.3 is 5.91 Å². The summed E-state index contributed by atoms with van der Waals surface area (Å²) in [6, 6.07) is 20.2. The number of fused-ring (bicyclic) bond motifs is 1. The Kier molecular flexibility index (Phi) is 7.28. The molecule has 0 aliphatic heterocycles. The van der Waals surface area contributed by atoms with Gasteiger partial charge in [-0.05, 0) is 79.9 Å². The fourth-order valence-corrected chi connectivity index (χ4v) is 4.87. The van der Waals surface area contributed by atoms with Crippen molar-refractivity contribution >= 4 is 70.9 Å². The van der Waals surface area contributed by atoms with E-state index in [9.17, 15) is 10.1 Å². The van der Waals surface area contributed by atoms with Crippen molar-refractivity contribution in [2.45, 2.75) is 6.61 Å². The van der Waals surface area contributed by atoms with E-state index in [1.54, 1.807) is 18.2 Å². The van der Waals surface area contributed by atoms with Crippen LogP contribution in [-0.4, -0.2) is 12.1 Å². The second-order valence-corrected chi connectivity index (χ2v) is 9.49. The Bertz CT molecular complexity index is 1400. The molecule has 164 valence electrons. The van der Waals surface area contributed by atoms with Gasteiger partial charge in [0.1, 0.15) is 17.9 Å². The van der Waals surface area contributed by atoms with Gasteiger partial charge in [-0.2, -0.15) is 10.4 Å². The van der Waals surface area contributed by atoms with E-state index in [1.807, 2.05) is 42.5 Å². The lowest BCUT2D eigenvalue weighted by Crippen LogP contribution is -2.16. The van der Waals surface area contributed by atoms with Crippen LogP contribution in [0, 0.1) is 11.3 Å². The first-order valence-electron chi connectivity index (χ1n) is 9.57. The van der Waals surface area contributed by atoms with E-state index in [0.29, 0.717) is 25.8 Å². The number of hydrogen-bond acceptors (Lipinski definition) is 5. The minimum absolute atomic E-state index is 0.170. The maximum atomic E-state index is 12.4. The Hall–Kier alpha value is -2.93. The van der Waals surface area contributed by atoms with Crippen LogP contribution in [0.25, 0.3) is 11.0 Å². The average molecular weight is 632 g/mol. The topological polar surface area (TPSA) is 87.6 Å². The average Bonchev–Trinajstić information content (AvgIpc) is 3.22. The molecule has 0 spiro atoms. The zero-order valence-electron chi connectivity index (χ0n) is 16.8. The first kappa shape index (κ1) is 23.2. The van der Waals surface area contributed by atoms with Gasteiger partial charge in [-0.25, -0.2) is 5.43 Å². The van der Waals surface area contributed by atoms with Crippen molar-refractivity contribution in [2.24, 2.45) is 5.10 Å². The first-order chi connectivity index (χ1) is 15.9. The summed E-state index contributed by atoms with van der Waals surface area (Å²) < 4.78 is 13.8. The van der Waals surface area contributed by atoms with Gasteiger partial charge in [0.25, 0.3) is 0 Å². The summed E-state index contributed by atoms with van der Waals surface area (Å²) in [7, 11) is 0. The predicted octanol–water partition coefficient (Wildman–Crippen LogP) is 6.93. The van der Waals surface area contributed by atoms with Crippen molar-refractivity contribution in [3.63, 3.8) is 0 Å². The fourth-order valence-electron chi connectivity index (χ4n) is 3.04. The molecule has 0 saturated heterocycles. The molecule has 6 nitrogen and oxygen atoms in total. The molecule has 0 unspecified atom stereocenters. The molecule has 1 heterocycles. The van der Waals surface area contributed by atoms with Gasteiger partial charge in [-0.1, -0.05) is 34.1 Å². The number of carbonyl (C=O) groups is 1. The highest BCUT2D eigenvalue weighted by molar-refractivity contribution is 9.11. The van der Waals surface area contributed by atoms with E-state index < -0.39 is 5.91 Å². The maximum absolute atomic E-state index is 12.4. The highest BCUT2D eigenvalue weighted by Gasteiger charge is 2.13. The van der Waals surface area contributed by atoms with Crippen LogP contribution in [0.15, 0.2) is 83.6 Å². The third-order valence-corrected chi connectivity index (χ3v) is 6.28. The number of benzene rings is 3. The second kappa shape index (κ2) is 10.3. The molecule has 9 heteroatoms. The quantitative estimate of drug-likeness (QED) is 0.185. The van der Waals surface area contributed by atoms with Gasteiger partial charge in [0.05, 0.1) is 26.8 Å². The van der Waals surface area contributed by atoms with Crippen LogP contribution in [-0.2, 0) is 6.61 Å². The smallest absolute Gasteiger partial charge is 0.307 e. The van der Waals surface area contributed by atoms with E-state index in [0.717, 1.165) is 21.0 Å². The number of ether oxygens (including phenoxy) is 1. The highest BCUT2D eigenvalue weighted by atomic mass is 79.9. The van der Waals surface area contributed by atoms with Crippen LogP contribution < -0.4 is 10.2 Å². The number of halogens is 3. The van der Waals surface area contributed by atoms with E-state index in [2.05, 4.69) is 64.4 Å². The van der Waals surface area contributed by atoms with E-state index >= 15 is 0 Å². The summed E-state index contributed by atoms with van der Waals surface area (Å²) in [6.07, 6.45) is 1.52. The standard InChI is InChI=1S/C24H14Br3N3O3/c25-18-5-6-21-17(9-18)10-22(33-21)24(31)30-29-12-14-7-19(26)23(20(27)8-14)32-13-16-4-2-1-3-15(16)11-28/h1-10,12H,13H2,(H,30,31)/b29-12+. The molecule has 0 fully saturated rings. The van der Waals surface area contributed by atoms with E-state index in [1.165, 1.54) is 6.21 Å². The van der Waals surface area contributed by atoms with Gasteiger partial charge in [-0.15, -0.1) is 0 Å². The van der Waals surface area contributed by atoms with Crippen LogP contribution in [0.1, 0.15) is 27.2 Å². The van der Waals surface area contributed by atoms with E-state index in [4.69, 9.17) is 9.15 Å². The van der Waals surface area contributed by atoms with Crippen LogP contribution in [0.4, 0.5) is 0 Å². The number of amides is 1.